The number of nitrogens with zero attached hydrogens (tertiary/aromatic N) is 5. The molecule has 2 fully saturated rings. The van der Waals surface area contributed by atoms with Crippen LogP contribution in [0.5, 0.6) is 0 Å². The average Bonchev–Trinajstić information content (AvgIpc) is 3.57. The number of aromatic nitrogens is 5. The molecule has 3 aromatic rings. The fourth-order valence-corrected chi connectivity index (χ4v) is 6.29. The number of amides is 2. The first-order valence-corrected chi connectivity index (χ1v) is 15.6. The maximum absolute atomic E-state index is 14.1. The fourth-order valence-electron chi connectivity index (χ4n) is 6.29. The number of carbonyl (C=O) groups is 2. The van der Waals surface area contributed by atoms with Gasteiger partial charge in [0.2, 0.25) is 5.92 Å². The summed E-state index contributed by atoms with van der Waals surface area (Å²) in [7, 11) is 0. The van der Waals surface area contributed by atoms with E-state index >= 15 is 0 Å². The maximum atomic E-state index is 14.1. The lowest BCUT2D eigenvalue weighted by Crippen LogP contribution is -2.66. The first kappa shape index (κ1) is 33.6. The zero-order valence-corrected chi connectivity index (χ0v) is 26.7. The van der Waals surface area contributed by atoms with Crippen LogP contribution in [0.2, 0.25) is 0 Å². The highest BCUT2D eigenvalue weighted by atomic mass is 19.3. The Hall–Kier alpha value is -3.75. The lowest BCUT2D eigenvalue weighted by Gasteiger charge is -2.47. The van der Waals surface area contributed by atoms with E-state index in [1.54, 1.807) is 60.7 Å². The van der Waals surface area contributed by atoms with Gasteiger partial charge in [0.1, 0.15) is 11.3 Å². The molecule has 0 unspecified atom stereocenters. The van der Waals surface area contributed by atoms with E-state index in [0.29, 0.717) is 22.6 Å². The number of hydrogen-bond acceptors (Lipinski definition) is 7. The van der Waals surface area contributed by atoms with Gasteiger partial charge in [-0.3, -0.25) is 9.48 Å². The molecule has 3 heterocycles. The van der Waals surface area contributed by atoms with E-state index in [1.165, 1.54) is 0 Å². The smallest absolute Gasteiger partial charge is 0.408 e. The Morgan fingerprint density at radius 2 is 1.78 bits per heavy atom. The Kier molecular flexibility index (Phi) is 9.10. The number of nitrogens with one attached hydrogen (secondary N) is 3. The normalized spacial score (nSPS) is 19.9. The van der Waals surface area contributed by atoms with Crippen LogP contribution in [0, 0.1) is 5.92 Å². The minimum Gasteiger partial charge on any atom is -0.444 e. The predicted molar refractivity (Wildman–Crippen MR) is 161 cm³/mol. The van der Waals surface area contributed by atoms with Crippen molar-refractivity contribution in [3.8, 4) is 0 Å². The van der Waals surface area contributed by atoms with Gasteiger partial charge in [-0.1, -0.05) is 0 Å². The van der Waals surface area contributed by atoms with Crippen molar-refractivity contribution in [3.05, 3.63) is 47.7 Å². The molecule has 2 amide bonds. The molecular formula is C31H42F4N8O3. The standard InChI is InChI=1S/C31H42F4N8O3/c1-19(2)43-23(8-11-37-43)26(44)40-25(21-6-9-30(32,33)10-7-21)22-15-42-24(39-22)12-20(14-38-42)13-36-18-29(16-31(34,35)17-29)41-27(45)46-28(3,4)5/h8,11-12,14-15,19,21,25,36H,6-7,9-10,13,16-18H2,1-5H3,(H,40,44)(H,41,45)/t25-/m0/s1. The molecule has 2 saturated carbocycles. The highest BCUT2D eigenvalue weighted by Gasteiger charge is 2.57. The van der Waals surface area contributed by atoms with Crippen molar-refractivity contribution in [1.29, 1.82) is 0 Å². The van der Waals surface area contributed by atoms with E-state index in [1.807, 2.05) is 13.8 Å². The number of halogens is 4. The van der Waals surface area contributed by atoms with Gasteiger partial charge in [-0.05, 0) is 71.1 Å². The molecule has 3 N–H and O–H groups in total. The molecule has 0 aliphatic heterocycles. The van der Waals surface area contributed by atoms with Crippen LogP contribution < -0.4 is 16.0 Å². The van der Waals surface area contributed by atoms with E-state index < -0.39 is 48.0 Å². The van der Waals surface area contributed by atoms with Crippen LogP contribution in [0.3, 0.4) is 0 Å². The quantitative estimate of drug-likeness (QED) is 0.244. The molecule has 2 aliphatic carbocycles. The van der Waals surface area contributed by atoms with Crippen molar-refractivity contribution < 1.29 is 31.9 Å². The summed E-state index contributed by atoms with van der Waals surface area (Å²) in [5.74, 6) is -6.25. The van der Waals surface area contributed by atoms with E-state index in [-0.39, 0.29) is 56.6 Å². The van der Waals surface area contributed by atoms with Crippen LogP contribution in [-0.4, -0.2) is 65.9 Å². The van der Waals surface area contributed by atoms with Crippen molar-refractivity contribution in [2.45, 2.75) is 115 Å². The van der Waals surface area contributed by atoms with Crippen molar-refractivity contribution >= 4 is 17.6 Å². The minimum atomic E-state index is -2.88. The van der Waals surface area contributed by atoms with Crippen molar-refractivity contribution in [2.75, 3.05) is 6.54 Å². The molecule has 5 rings (SSSR count). The molecule has 2 aliphatic rings. The molecule has 0 aromatic carbocycles. The van der Waals surface area contributed by atoms with Gasteiger partial charge in [0.25, 0.3) is 11.8 Å². The van der Waals surface area contributed by atoms with E-state index in [4.69, 9.17) is 9.72 Å². The largest absolute Gasteiger partial charge is 0.444 e. The van der Waals surface area contributed by atoms with Gasteiger partial charge < -0.3 is 20.7 Å². The van der Waals surface area contributed by atoms with Crippen LogP contribution in [0.15, 0.2) is 30.7 Å². The van der Waals surface area contributed by atoms with Crippen LogP contribution in [0.4, 0.5) is 22.4 Å². The monoisotopic (exact) mass is 650 g/mol. The molecule has 252 valence electrons. The Morgan fingerprint density at radius 3 is 2.41 bits per heavy atom. The average molecular weight is 651 g/mol. The van der Waals surface area contributed by atoms with Crippen molar-refractivity contribution in [2.24, 2.45) is 5.92 Å². The second-order valence-electron chi connectivity index (χ2n) is 14.0. The first-order valence-electron chi connectivity index (χ1n) is 15.6. The van der Waals surface area contributed by atoms with Gasteiger partial charge in [-0.2, -0.15) is 10.2 Å². The van der Waals surface area contributed by atoms with Gasteiger partial charge in [0.15, 0.2) is 5.65 Å². The van der Waals surface area contributed by atoms with Crippen molar-refractivity contribution in [1.82, 2.24) is 40.3 Å². The molecule has 46 heavy (non-hydrogen) atoms. The van der Waals surface area contributed by atoms with E-state index in [0.717, 1.165) is 0 Å². The number of ether oxygens (including phenoxy) is 1. The van der Waals surface area contributed by atoms with Gasteiger partial charge >= 0.3 is 6.09 Å². The molecule has 15 heteroatoms. The highest BCUT2D eigenvalue weighted by molar-refractivity contribution is 5.92. The number of fused-ring (bicyclic) bond motifs is 1. The van der Waals surface area contributed by atoms with Crippen molar-refractivity contribution in [3.63, 3.8) is 0 Å². The Balaban J connectivity index is 1.30. The van der Waals surface area contributed by atoms with Gasteiger partial charge in [0, 0.05) is 51.0 Å². The maximum Gasteiger partial charge on any atom is 0.408 e. The number of imidazole rings is 1. The highest BCUT2D eigenvalue weighted by Crippen LogP contribution is 2.45. The summed E-state index contributed by atoms with van der Waals surface area (Å²) in [4.78, 5) is 30.5. The number of alkyl halides is 4. The summed E-state index contributed by atoms with van der Waals surface area (Å²) in [6.45, 7) is 9.25. The summed E-state index contributed by atoms with van der Waals surface area (Å²) in [6, 6.07) is 2.69. The minimum absolute atomic E-state index is 0.0576. The summed E-state index contributed by atoms with van der Waals surface area (Å²) in [5, 5.41) is 17.5. The number of carbonyl (C=O) groups excluding carboxylic acids is 2. The zero-order chi connectivity index (χ0) is 33.5. The summed E-state index contributed by atoms with van der Waals surface area (Å²) in [5.41, 5.74) is 0.112. The number of rotatable bonds is 10. The van der Waals surface area contributed by atoms with Crippen LogP contribution in [0.1, 0.15) is 107 Å². The topological polar surface area (TPSA) is 127 Å². The van der Waals surface area contributed by atoms with Crippen LogP contribution in [-0.2, 0) is 11.3 Å². The first-order chi connectivity index (χ1) is 21.4. The van der Waals surface area contributed by atoms with Gasteiger partial charge in [-0.25, -0.2) is 31.9 Å². The molecule has 3 aromatic heterocycles. The van der Waals surface area contributed by atoms with Crippen LogP contribution in [0.25, 0.3) is 5.65 Å². The Labute approximate surface area is 264 Å². The third kappa shape index (κ3) is 7.96. The molecular weight excluding hydrogens is 608 g/mol. The Morgan fingerprint density at radius 1 is 1.09 bits per heavy atom. The zero-order valence-electron chi connectivity index (χ0n) is 26.7. The van der Waals surface area contributed by atoms with Gasteiger partial charge in [0.05, 0.1) is 29.7 Å². The fraction of sp³-hybridized carbons (Fsp3) is 0.645. The molecule has 1 atom stereocenters. The second-order valence-corrected chi connectivity index (χ2v) is 14.0. The summed E-state index contributed by atoms with van der Waals surface area (Å²) in [6.07, 6.45) is 2.95. The van der Waals surface area contributed by atoms with Gasteiger partial charge in [-0.15, -0.1) is 0 Å². The van der Waals surface area contributed by atoms with E-state index in [2.05, 4.69) is 26.1 Å². The molecule has 0 bridgehead atoms. The molecule has 0 spiro atoms. The predicted octanol–water partition coefficient (Wildman–Crippen LogP) is 5.59. The second kappa shape index (κ2) is 12.5. The Bertz CT molecular complexity index is 1550. The lowest BCUT2D eigenvalue weighted by atomic mass is 9.73. The number of hydrogen-bond donors (Lipinski definition) is 3. The summed E-state index contributed by atoms with van der Waals surface area (Å²) >= 11 is 0. The molecule has 0 saturated heterocycles. The molecule has 11 nitrogen and oxygen atoms in total. The van der Waals surface area contributed by atoms with Crippen LogP contribution >= 0.6 is 0 Å². The lowest BCUT2D eigenvalue weighted by molar-refractivity contribution is -0.131. The third-order valence-corrected chi connectivity index (χ3v) is 8.38. The number of alkyl carbamates (subject to hydrolysis) is 1. The third-order valence-electron chi connectivity index (χ3n) is 8.38. The van der Waals surface area contributed by atoms with E-state index in [9.17, 15) is 27.2 Å². The summed E-state index contributed by atoms with van der Waals surface area (Å²) < 4.78 is 64.3. The molecule has 0 radical (unpaired) electrons. The SMILES string of the molecule is CC(C)n1nccc1C(=O)N[C@H](c1cn2ncc(CNCC3(NC(=O)OC(C)(C)C)CC(F)(F)C3)cc2n1)C1CCC(F)(F)CC1.